The van der Waals surface area contributed by atoms with Crippen molar-refractivity contribution in [3.8, 4) is 0 Å². The van der Waals surface area contributed by atoms with Gasteiger partial charge in [-0.3, -0.25) is 14.4 Å². The molecule has 0 radical (unpaired) electrons. The standard InChI is InChI=1S/C31H35N5O5S/c1-4-15-34(18-35-22-14-10-9-13-21(22)32-33-35)29(39)27-31-19(3)16-24(42-31)25(30(40)41-5-2)26(31)28(38)36(27)23(17-37)20-11-7-6-8-12-20/h4,6-14,19,23-27,37H,1,5,15-18H2,2-3H3/t19?,23-,24+,25-,26+,27?,31?/m1/s1. The maximum atomic E-state index is 14.9. The number of esters is 1. The Morgan fingerprint density at radius 3 is 2.69 bits per heavy atom. The van der Waals surface area contributed by atoms with Crippen LogP contribution in [0, 0.1) is 17.8 Å². The molecule has 42 heavy (non-hydrogen) atoms. The van der Waals surface area contributed by atoms with Crippen molar-refractivity contribution in [3.63, 3.8) is 0 Å². The van der Waals surface area contributed by atoms with Crippen molar-refractivity contribution in [2.24, 2.45) is 17.8 Å². The number of amides is 2. The summed E-state index contributed by atoms with van der Waals surface area (Å²) in [4.78, 5) is 46.0. The van der Waals surface area contributed by atoms with Crippen LogP contribution in [0.25, 0.3) is 11.0 Å². The van der Waals surface area contributed by atoms with Gasteiger partial charge in [0.15, 0.2) is 0 Å². The number of para-hydroxylation sites is 1. The van der Waals surface area contributed by atoms with Gasteiger partial charge in [0.2, 0.25) is 11.8 Å². The third-order valence-electron chi connectivity index (χ3n) is 9.06. The second-order valence-corrected chi connectivity index (χ2v) is 12.8. The Bertz CT molecular complexity index is 1510. The van der Waals surface area contributed by atoms with Gasteiger partial charge in [0, 0.05) is 11.8 Å². The molecule has 0 saturated carbocycles. The van der Waals surface area contributed by atoms with Crippen LogP contribution in [0.1, 0.15) is 31.9 Å². The van der Waals surface area contributed by atoms with Gasteiger partial charge >= 0.3 is 5.97 Å². The Hall–Kier alpha value is -3.70. The van der Waals surface area contributed by atoms with Gasteiger partial charge in [-0.2, -0.15) is 0 Å². The zero-order valence-electron chi connectivity index (χ0n) is 23.7. The van der Waals surface area contributed by atoms with E-state index in [0.29, 0.717) is 11.9 Å². The van der Waals surface area contributed by atoms with Crippen molar-refractivity contribution < 1.29 is 24.2 Å². The molecule has 2 amide bonds. The highest BCUT2D eigenvalue weighted by Crippen LogP contribution is 2.69. The molecular weight excluding hydrogens is 554 g/mol. The number of likely N-dealkylation sites (tertiary alicyclic amines) is 1. The molecule has 10 nitrogen and oxygen atoms in total. The van der Waals surface area contributed by atoms with Crippen molar-refractivity contribution in [1.82, 2.24) is 24.8 Å². The molecule has 3 unspecified atom stereocenters. The molecule has 220 valence electrons. The summed E-state index contributed by atoms with van der Waals surface area (Å²) in [6, 6.07) is 15.1. The highest BCUT2D eigenvalue weighted by molar-refractivity contribution is 8.02. The first-order valence-electron chi connectivity index (χ1n) is 14.4. The number of hydrogen-bond donors (Lipinski definition) is 1. The molecule has 7 atom stereocenters. The van der Waals surface area contributed by atoms with Crippen molar-refractivity contribution in [1.29, 1.82) is 0 Å². The SMILES string of the molecule is C=CCN(Cn1nnc2ccccc21)C(=O)C1N([C@H](CO)c2ccccc2)C(=O)[C@@H]2[C@H](C(=O)OCC)[C@@H]3CC(C)C12S3. The fraction of sp³-hybridized carbons (Fsp3) is 0.452. The molecule has 1 aromatic heterocycles. The van der Waals surface area contributed by atoms with Crippen LogP contribution < -0.4 is 0 Å². The van der Waals surface area contributed by atoms with E-state index in [4.69, 9.17) is 4.74 Å². The molecule has 0 aliphatic carbocycles. The van der Waals surface area contributed by atoms with Crippen molar-refractivity contribution in [2.45, 2.75) is 49.0 Å². The number of ether oxygens (including phenoxy) is 1. The normalized spacial score (nSPS) is 28.6. The van der Waals surface area contributed by atoms with Crippen LogP contribution in [0.2, 0.25) is 0 Å². The number of rotatable bonds is 10. The van der Waals surface area contributed by atoms with Crippen LogP contribution in [0.15, 0.2) is 67.3 Å². The number of aromatic nitrogens is 3. The fourth-order valence-corrected chi connectivity index (χ4v) is 9.73. The van der Waals surface area contributed by atoms with Gasteiger partial charge in [0.25, 0.3) is 0 Å². The zero-order valence-corrected chi connectivity index (χ0v) is 24.5. The van der Waals surface area contributed by atoms with Crippen molar-refractivity contribution in [3.05, 3.63) is 72.8 Å². The maximum absolute atomic E-state index is 14.9. The lowest BCUT2D eigenvalue weighted by Gasteiger charge is -2.42. The van der Waals surface area contributed by atoms with Gasteiger partial charge in [0.1, 0.15) is 18.2 Å². The van der Waals surface area contributed by atoms with E-state index >= 15 is 0 Å². The monoisotopic (exact) mass is 589 g/mol. The number of carbonyl (C=O) groups is 3. The quantitative estimate of drug-likeness (QED) is 0.283. The van der Waals surface area contributed by atoms with Gasteiger partial charge in [-0.05, 0) is 37.0 Å². The highest BCUT2D eigenvalue weighted by atomic mass is 32.2. The number of aliphatic hydroxyl groups excluding tert-OH is 1. The molecule has 2 aromatic carbocycles. The average Bonchev–Trinajstić information content (AvgIpc) is 3.71. The minimum absolute atomic E-state index is 0.0287. The smallest absolute Gasteiger partial charge is 0.310 e. The minimum Gasteiger partial charge on any atom is -0.466 e. The van der Waals surface area contributed by atoms with E-state index < -0.39 is 34.6 Å². The predicted molar refractivity (Wildman–Crippen MR) is 158 cm³/mol. The Morgan fingerprint density at radius 2 is 1.98 bits per heavy atom. The summed E-state index contributed by atoms with van der Waals surface area (Å²) in [6.07, 6.45) is 2.35. The average molecular weight is 590 g/mol. The third-order valence-corrected chi connectivity index (χ3v) is 11.1. The molecular formula is C31H35N5O5S. The van der Waals surface area contributed by atoms with Gasteiger partial charge in [-0.1, -0.05) is 60.7 Å². The van der Waals surface area contributed by atoms with E-state index in [1.807, 2.05) is 54.6 Å². The van der Waals surface area contributed by atoms with E-state index in [1.165, 1.54) is 0 Å². The lowest BCUT2D eigenvalue weighted by Crippen LogP contribution is -2.58. The largest absolute Gasteiger partial charge is 0.466 e. The lowest BCUT2D eigenvalue weighted by atomic mass is 9.66. The summed E-state index contributed by atoms with van der Waals surface area (Å²) in [6.45, 7) is 7.87. The predicted octanol–water partition coefficient (Wildman–Crippen LogP) is 3.04. The Kier molecular flexibility index (Phi) is 7.57. The number of thioether (sulfide) groups is 1. The van der Waals surface area contributed by atoms with Crippen LogP contribution in [0.3, 0.4) is 0 Å². The van der Waals surface area contributed by atoms with E-state index in [2.05, 4.69) is 23.8 Å². The molecule has 3 saturated heterocycles. The van der Waals surface area contributed by atoms with Crippen molar-refractivity contribution in [2.75, 3.05) is 19.8 Å². The molecule has 1 N–H and O–H groups in total. The molecule has 3 aromatic rings. The molecule has 3 aliphatic rings. The fourth-order valence-electron chi connectivity index (χ4n) is 7.34. The molecule has 3 fully saturated rings. The second kappa shape index (κ2) is 11.2. The number of carbonyl (C=O) groups excluding carboxylic acids is 3. The Labute approximate surface area is 248 Å². The Morgan fingerprint density at radius 1 is 1.24 bits per heavy atom. The summed E-state index contributed by atoms with van der Waals surface area (Å²) in [7, 11) is 0. The first-order valence-corrected chi connectivity index (χ1v) is 15.3. The van der Waals surface area contributed by atoms with Crippen LogP contribution in [0.4, 0.5) is 0 Å². The topological polar surface area (TPSA) is 118 Å². The summed E-state index contributed by atoms with van der Waals surface area (Å²) >= 11 is 1.58. The van der Waals surface area contributed by atoms with E-state index in [-0.39, 0.29) is 49.4 Å². The third kappa shape index (κ3) is 4.24. The summed E-state index contributed by atoms with van der Waals surface area (Å²) in [5.74, 6) is -2.38. The molecule has 3 aliphatic heterocycles. The first kappa shape index (κ1) is 28.4. The molecule has 4 heterocycles. The van der Waals surface area contributed by atoms with Gasteiger partial charge in [-0.15, -0.1) is 23.4 Å². The number of hydrogen-bond acceptors (Lipinski definition) is 8. The van der Waals surface area contributed by atoms with E-state index in [0.717, 1.165) is 11.1 Å². The van der Waals surface area contributed by atoms with Crippen LogP contribution in [0.5, 0.6) is 0 Å². The van der Waals surface area contributed by atoms with Gasteiger partial charge in [-0.25, -0.2) is 4.68 Å². The number of benzene rings is 2. The van der Waals surface area contributed by atoms with Crippen LogP contribution in [-0.2, 0) is 25.8 Å². The highest BCUT2D eigenvalue weighted by Gasteiger charge is 2.77. The minimum atomic E-state index is -0.925. The number of aliphatic hydroxyl groups is 1. The lowest BCUT2D eigenvalue weighted by molar-refractivity contribution is -0.154. The molecule has 1 spiro atoms. The summed E-state index contributed by atoms with van der Waals surface area (Å²) in [5.41, 5.74) is 2.21. The van der Waals surface area contributed by atoms with Gasteiger partial charge < -0.3 is 19.6 Å². The van der Waals surface area contributed by atoms with E-state index in [1.54, 1.807) is 39.2 Å². The molecule has 11 heteroatoms. The van der Waals surface area contributed by atoms with E-state index in [9.17, 15) is 19.5 Å². The summed E-state index contributed by atoms with van der Waals surface area (Å²) in [5, 5.41) is 19.1. The van der Waals surface area contributed by atoms with Crippen LogP contribution in [-0.4, -0.2) is 83.5 Å². The van der Waals surface area contributed by atoms with Gasteiger partial charge in [0.05, 0.1) is 41.4 Å². The van der Waals surface area contributed by atoms with Crippen molar-refractivity contribution >= 4 is 40.6 Å². The van der Waals surface area contributed by atoms with Crippen LogP contribution >= 0.6 is 11.8 Å². The zero-order chi connectivity index (χ0) is 29.6. The molecule has 2 bridgehead atoms. The maximum Gasteiger partial charge on any atom is 0.310 e. The number of fused-ring (bicyclic) bond motifs is 2. The first-order chi connectivity index (χ1) is 20.4. The second-order valence-electron chi connectivity index (χ2n) is 11.2. The Balaban J connectivity index is 1.46. The number of nitrogens with zero attached hydrogens (tertiary/aromatic N) is 5. The summed E-state index contributed by atoms with van der Waals surface area (Å²) < 4.78 is 6.27. The molecule has 6 rings (SSSR count).